The van der Waals surface area contributed by atoms with Crippen molar-refractivity contribution in [2.45, 2.75) is 20.4 Å². The van der Waals surface area contributed by atoms with Gasteiger partial charge >= 0.3 is 0 Å². The molecule has 0 aliphatic rings. The molecular weight excluding hydrogens is 270 g/mol. The molecule has 0 saturated carbocycles. The number of carbonyl (C=O) groups is 1. The number of rotatable bonds is 5. The second-order valence-electron chi connectivity index (χ2n) is 4.47. The molecule has 2 aromatic rings. The minimum absolute atomic E-state index is 0.0907. The van der Waals surface area contributed by atoms with E-state index in [2.05, 4.69) is 10.3 Å². The van der Waals surface area contributed by atoms with E-state index in [9.17, 15) is 9.59 Å². The summed E-state index contributed by atoms with van der Waals surface area (Å²) in [5, 5.41) is 2.73. The molecule has 1 N–H and O–H groups in total. The van der Waals surface area contributed by atoms with Gasteiger partial charge in [0, 0.05) is 11.8 Å². The van der Waals surface area contributed by atoms with Gasteiger partial charge in [0.15, 0.2) is 0 Å². The lowest BCUT2D eigenvalue weighted by Crippen LogP contribution is -2.27. The van der Waals surface area contributed by atoms with Gasteiger partial charge in [-0.1, -0.05) is 12.1 Å². The standard InChI is InChI=1S/C15H17N3O3/c1-3-21-13-7-5-4-6-12(13)17-14(19)9-18-10-16-11(2)8-15(18)20/h4-8,10H,3,9H2,1-2H3,(H,17,19). The van der Waals surface area contributed by atoms with Crippen molar-refractivity contribution in [3.63, 3.8) is 0 Å². The number of anilines is 1. The van der Waals surface area contributed by atoms with Gasteiger partial charge in [-0.25, -0.2) is 4.98 Å². The lowest BCUT2D eigenvalue weighted by atomic mass is 10.3. The first-order chi connectivity index (χ1) is 10.1. The highest BCUT2D eigenvalue weighted by atomic mass is 16.5. The van der Waals surface area contributed by atoms with Crippen LogP contribution in [0.25, 0.3) is 0 Å². The Morgan fingerprint density at radius 2 is 2.14 bits per heavy atom. The van der Waals surface area contributed by atoms with Gasteiger partial charge < -0.3 is 10.1 Å². The maximum absolute atomic E-state index is 12.0. The number of benzene rings is 1. The third-order valence-electron chi connectivity index (χ3n) is 2.79. The fourth-order valence-electron chi connectivity index (χ4n) is 1.83. The summed E-state index contributed by atoms with van der Waals surface area (Å²) in [4.78, 5) is 27.7. The van der Waals surface area contributed by atoms with E-state index in [0.717, 1.165) is 0 Å². The van der Waals surface area contributed by atoms with Crippen molar-refractivity contribution in [1.29, 1.82) is 0 Å². The molecule has 0 fully saturated rings. The van der Waals surface area contributed by atoms with E-state index in [4.69, 9.17) is 4.74 Å². The number of hydrogen-bond acceptors (Lipinski definition) is 4. The van der Waals surface area contributed by atoms with Gasteiger partial charge in [0.05, 0.1) is 18.6 Å². The molecule has 1 aromatic carbocycles. The van der Waals surface area contributed by atoms with Gasteiger partial charge in [0.25, 0.3) is 5.56 Å². The molecule has 0 aliphatic heterocycles. The van der Waals surface area contributed by atoms with E-state index in [-0.39, 0.29) is 18.0 Å². The summed E-state index contributed by atoms with van der Waals surface area (Å²) in [6, 6.07) is 8.55. The normalized spacial score (nSPS) is 10.2. The number of para-hydroxylation sites is 2. The molecule has 1 heterocycles. The van der Waals surface area contributed by atoms with Crippen LogP contribution in [0.2, 0.25) is 0 Å². The number of nitrogens with one attached hydrogen (secondary N) is 1. The maximum atomic E-state index is 12.0. The third kappa shape index (κ3) is 3.92. The lowest BCUT2D eigenvalue weighted by molar-refractivity contribution is -0.116. The van der Waals surface area contributed by atoms with E-state index in [1.165, 1.54) is 17.0 Å². The molecule has 0 aliphatic carbocycles. The highest BCUT2D eigenvalue weighted by Gasteiger charge is 2.09. The molecule has 2 rings (SSSR count). The van der Waals surface area contributed by atoms with Crippen LogP contribution in [-0.4, -0.2) is 22.1 Å². The number of carbonyl (C=O) groups excluding carboxylic acids is 1. The summed E-state index contributed by atoms with van der Waals surface area (Å²) in [5.74, 6) is 0.289. The van der Waals surface area contributed by atoms with E-state index in [1.807, 2.05) is 13.0 Å². The molecule has 6 nitrogen and oxygen atoms in total. The first kappa shape index (κ1) is 14.8. The zero-order valence-electron chi connectivity index (χ0n) is 12.0. The van der Waals surface area contributed by atoms with E-state index >= 15 is 0 Å². The van der Waals surface area contributed by atoms with Gasteiger partial charge in [-0.3, -0.25) is 14.2 Å². The highest BCUT2D eigenvalue weighted by Crippen LogP contribution is 2.23. The van der Waals surface area contributed by atoms with Gasteiger partial charge in [0.2, 0.25) is 5.91 Å². The Bertz CT molecular complexity index is 695. The monoisotopic (exact) mass is 287 g/mol. The zero-order valence-corrected chi connectivity index (χ0v) is 12.0. The van der Waals surface area contributed by atoms with Crippen LogP contribution in [0, 0.1) is 6.92 Å². The summed E-state index contributed by atoms with van der Waals surface area (Å²) in [6.07, 6.45) is 1.37. The summed E-state index contributed by atoms with van der Waals surface area (Å²) in [7, 11) is 0. The average molecular weight is 287 g/mol. The van der Waals surface area contributed by atoms with Crippen molar-refractivity contribution in [3.05, 3.63) is 52.7 Å². The predicted octanol–water partition coefficient (Wildman–Crippen LogP) is 1.59. The Labute approximate surface area is 122 Å². The van der Waals surface area contributed by atoms with Crippen molar-refractivity contribution in [2.75, 3.05) is 11.9 Å². The Balaban J connectivity index is 2.10. The van der Waals surface area contributed by atoms with Crippen LogP contribution in [0.5, 0.6) is 5.75 Å². The zero-order chi connectivity index (χ0) is 15.2. The number of ether oxygens (including phenoxy) is 1. The Hall–Kier alpha value is -2.63. The molecule has 0 atom stereocenters. The molecule has 6 heteroatoms. The Kier molecular flexibility index (Phi) is 4.71. The number of aryl methyl sites for hydroxylation is 1. The van der Waals surface area contributed by atoms with Gasteiger partial charge in [-0.2, -0.15) is 0 Å². The summed E-state index contributed by atoms with van der Waals surface area (Å²) >= 11 is 0. The largest absolute Gasteiger partial charge is 0.492 e. The van der Waals surface area contributed by atoms with Gasteiger partial charge in [-0.15, -0.1) is 0 Å². The molecule has 0 unspecified atom stereocenters. The fourth-order valence-corrected chi connectivity index (χ4v) is 1.83. The van der Waals surface area contributed by atoms with Crippen LogP contribution in [0.15, 0.2) is 41.5 Å². The molecule has 21 heavy (non-hydrogen) atoms. The Morgan fingerprint density at radius 1 is 1.38 bits per heavy atom. The topological polar surface area (TPSA) is 73.2 Å². The van der Waals surface area contributed by atoms with Crippen LogP contribution in [0.3, 0.4) is 0 Å². The van der Waals surface area contributed by atoms with Crippen molar-refractivity contribution < 1.29 is 9.53 Å². The first-order valence-corrected chi connectivity index (χ1v) is 6.65. The minimum atomic E-state index is -0.310. The predicted molar refractivity (Wildman–Crippen MR) is 79.5 cm³/mol. The van der Waals surface area contributed by atoms with Crippen molar-refractivity contribution >= 4 is 11.6 Å². The fraction of sp³-hybridized carbons (Fsp3) is 0.267. The SMILES string of the molecule is CCOc1ccccc1NC(=O)Cn1cnc(C)cc1=O. The number of amides is 1. The third-order valence-corrected chi connectivity index (χ3v) is 2.79. The van der Waals surface area contributed by atoms with Crippen molar-refractivity contribution in [2.24, 2.45) is 0 Å². The van der Waals surface area contributed by atoms with E-state index in [1.54, 1.807) is 25.1 Å². The summed E-state index contributed by atoms with van der Waals surface area (Å²) < 4.78 is 6.69. The van der Waals surface area contributed by atoms with Crippen LogP contribution in [0.1, 0.15) is 12.6 Å². The van der Waals surface area contributed by atoms with Crippen molar-refractivity contribution in [3.8, 4) is 5.75 Å². The van der Waals surface area contributed by atoms with Crippen LogP contribution in [0.4, 0.5) is 5.69 Å². The summed E-state index contributed by atoms with van der Waals surface area (Å²) in [5.41, 5.74) is 0.951. The quantitative estimate of drug-likeness (QED) is 0.906. The molecule has 110 valence electrons. The number of hydrogen-bond donors (Lipinski definition) is 1. The highest BCUT2D eigenvalue weighted by molar-refractivity contribution is 5.92. The second-order valence-corrected chi connectivity index (χ2v) is 4.47. The Morgan fingerprint density at radius 3 is 2.86 bits per heavy atom. The maximum Gasteiger partial charge on any atom is 0.253 e. The lowest BCUT2D eigenvalue weighted by Gasteiger charge is -2.11. The first-order valence-electron chi connectivity index (χ1n) is 6.65. The summed E-state index contributed by atoms with van der Waals surface area (Å²) in [6.45, 7) is 4.01. The van der Waals surface area contributed by atoms with Gasteiger partial charge in [-0.05, 0) is 26.0 Å². The van der Waals surface area contributed by atoms with E-state index < -0.39 is 0 Å². The smallest absolute Gasteiger partial charge is 0.253 e. The second kappa shape index (κ2) is 6.69. The molecular formula is C15H17N3O3. The molecule has 1 amide bonds. The van der Waals surface area contributed by atoms with Crippen LogP contribution >= 0.6 is 0 Å². The van der Waals surface area contributed by atoms with Crippen LogP contribution in [-0.2, 0) is 11.3 Å². The van der Waals surface area contributed by atoms with Crippen molar-refractivity contribution in [1.82, 2.24) is 9.55 Å². The molecule has 0 saturated heterocycles. The van der Waals surface area contributed by atoms with Crippen LogP contribution < -0.4 is 15.6 Å². The van der Waals surface area contributed by atoms with E-state index in [0.29, 0.717) is 23.7 Å². The number of nitrogens with zero attached hydrogens (tertiary/aromatic N) is 2. The minimum Gasteiger partial charge on any atom is -0.492 e. The molecule has 0 spiro atoms. The average Bonchev–Trinajstić information content (AvgIpc) is 2.44. The molecule has 1 aromatic heterocycles. The molecule has 0 radical (unpaired) electrons. The molecule has 0 bridgehead atoms. The number of aromatic nitrogens is 2. The van der Waals surface area contributed by atoms with Gasteiger partial charge in [0.1, 0.15) is 12.3 Å².